The molecule has 0 bridgehead atoms. The molecule has 1 saturated heterocycles. The van der Waals surface area contributed by atoms with Gasteiger partial charge in [-0.15, -0.1) is 10.2 Å². The molecule has 6 rings (SSSR count). The van der Waals surface area contributed by atoms with Gasteiger partial charge in [-0.3, -0.25) is 9.30 Å². The van der Waals surface area contributed by atoms with Crippen LogP contribution in [0.2, 0.25) is 0 Å². The lowest BCUT2D eigenvalue weighted by atomic mass is 9.74. The van der Waals surface area contributed by atoms with Crippen LogP contribution in [0.15, 0.2) is 42.6 Å². The second-order valence-electron chi connectivity index (χ2n) is 9.52. The molecule has 1 spiro atoms. The number of hydrogen-bond acceptors (Lipinski definition) is 3. The van der Waals surface area contributed by atoms with Gasteiger partial charge in [0.1, 0.15) is 11.4 Å². The minimum atomic E-state index is -4.47. The summed E-state index contributed by atoms with van der Waals surface area (Å²) in [4.78, 5) is 2.14. The molecule has 0 N–H and O–H groups in total. The number of nitrogens with zero attached hydrogens (tertiary/aromatic N) is 4. The smallest absolute Gasteiger partial charge is 0.299 e. The Labute approximate surface area is 184 Å². The monoisotopic (exact) mass is 438 g/mol. The highest BCUT2D eigenvalue weighted by Gasteiger charge is 2.40. The van der Waals surface area contributed by atoms with E-state index < -0.39 is 11.7 Å². The van der Waals surface area contributed by atoms with E-state index in [4.69, 9.17) is 0 Å². The number of pyridine rings is 1. The van der Waals surface area contributed by atoms with Gasteiger partial charge in [-0.2, -0.15) is 13.2 Å². The molecule has 2 aromatic heterocycles. The number of aromatic nitrogens is 3. The van der Waals surface area contributed by atoms with Gasteiger partial charge in [0.25, 0.3) is 0 Å². The maximum absolute atomic E-state index is 14.1. The van der Waals surface area contributed by atoms with Crippen molar-refractivity contribution in [3.05, 3.63) is 70.7 Å². The fourth-order valence-electron chi connectivity index (χ4n) is 5.42. The van der Waals surface area contributed by atoms with E-state index >= 15 is 0 Å². The third-order valence-electron chi connectivity index (χ3n) is 7.41. The van der Waals surface area contributed by atoms with Crippen LogP contribution in [0.5, 0.6) is 0 Å². The average molecular weight is 438 g/mol. The Kier molecular flexibility index (Phi) is 4.47. The van der Waals surface area contributed by atoms with Crippen LogP contribution in [0.25, 0.3) is 11.7 Å². The summed E-state index contributed by atoms with van der Waals surface area (Å²) in [6, 6.07) is 10.1. The second-order valence-corrected chi connectivity index (χ2v) is 9.52. The van der Waals surface area contributed by atoms with Gasteiger partial charge in [-0.25, -0.2) is 0 Å². The van der Waals surface area contributed by atoms with Crippen LogP contribution in [0, 0.1) is 5.92 Å². The molecule has 1 aromatic carbocycles. The fraction of sp³-hybridized carbons (Fsp3) is 0.440. The van der Waals surface area contributed by atoms with Crippen molar-refractivity contribution < 1.29 is 13.2 Å². The number of halogens is 3. The first-order chi connectivity index (χ1) is 15.4. The summed E-state index contributed by atoms with van der Waals surface area (Å²) in [6.07, 6.45) is 6.50. The first-order valence-corrected chi connectivity index (χ1v) is 11.4. The minimum Gasteiger partial charge on any atom is -0.299 e. The lowest BCUT2D eigenvalue weighted by Gasteiger charge is -2.39. The van der Waals surface area contributed by atoms with Crippen LogP contribution in [0.3, 0.4) is 0 Å². The number of hydrogen-bond donors (Lipinski definition) is 0. The predicted molar refractivity (Wildman–Crippen MR) is 116 cm³/mol. The highest BCUT2D eigenvalue weighted by molar-refractivity contribution is 5.65. The number of benzene rings is 1. The summed E-state index contributed by atoms with van der Waals surface area (Å²) in [5.41, 5.74) is 2.22. The molecular weight excluding hydrogens is 413 g/mol. The first kappa shape index (κ1) is 20.0. The van der Waals surface area contributed by atoms with Crippen molar-refractivity contribution in [1.29, 1.82) is 0 Å². The molecule has 7 heteroatoms. The van der Waals surface area contributed by atoms with E-state index in [2.05, 4.69) is 45.4 Å². The second kappa shape index (κ2) is 7.17. The Morgan fingerprint density at radius 1 is 1.03 bits per heavy atom. The zero-order valence-electron chi connectivity index (χ0n) is 17.8. The average Bonchev–Trinajstić information content (AvgIpc) is 3.41. The summed E-state index contributed by atoms with van der Waals surface area (Å²) in [6.45, 7) is 1.80. The molecule has 3 aliphatic rings. The van der Waals surface area contributed by atoms with Crippen LogP contribution in [-0.4, -0.2) is 32.6 Å². The Bertz CT molecular complexity index is 1200. The van der Waals surface area contributed by atoms with Crippen molar-refractivity contribution in [3.8, 4) is 0 Å². The summed E-state index contributed by atoms with van der Waals surface area (Å²) in [5.74, 6) is 1.16. The quantitative estimate of drug-likeness (QED) is 0.557. The molecule has 2 fully saturated rings. The summed E-state index contributed by atoms with van der Waals surface area (Å²) < 4.78 is 43.9. The third kappa shape index (κ3) is 3.34. The van der Waals surface area contributed by atoms with E-state index in [-0.39, 0.29) is 23.2 Å². The van der Waals surface area contributed by atoms with E-state index in [9.17, 15) is 13.2 Å². The molecule has 0 unspecified atom stereocenters. The number of rotatable bonds is 4. The van der Waals surface area contributed by atoms with Crippen molar-refractivity contribution in [1.82, 2.24) is 19.5 Å². The van der Waals surface area contributed by atoms with Crippen molar-refractivity contribution in [2.45, 2.75) is 50.2 Å². The number of allylic oxidation sites excluding steroid dienone is 1. The maximum atomic E-state index is 14.1. The van der Waals surface area contributed by atoms with Gasteiger partial charge in [-0.05, 0) is 67.4 Å². The third-order valence-corrected chi connectivity index (χ3v) is 7.41. The van der Waals surface area contributed by atoms with Crippen molar-refractivity contribution in [2.24, 2.45) is 5.92 Å². The van der Waals surface area contributed by atoms with Gasteiger partial charge in [0, 0.05) is 24.6 Å². The van der Waals surface area contributed by atoms with Gasteiger partial charge in [0.2, 0.25) is 0 Å². The molecule has 1 aliphatic heterocycles. The first-order valence-electron chi connectivity index (χ1n) is 11.4. The van der Waals surface area contributed by atoms with Crippen LogP contribution >= 0.6 is 0 Å². The van der Waals surface area contributed by atoms with Gasteiger partial charge < -0.3 is 0 Å². The number of likely N-dealkylation sites (tertiary alicyclic amines) is 1. The Hall–Kier alpha value is -2.67. The van der Waals surface area contributed by atoms with Crippen molar-refractivity contribution in [2.75, 3.05) is 13.1 Å². The van der Waals surface area contributed by atoms with Gasteiger partial charge >= 0.3 is 6.18 Å². The molecule has 0 radical (unpaired) electrons. The van der Waals surface area contributed by atoms with Crippen LogP contribution in [-0.2, 0) is 24.6 Å². The number of fused-ring (bicyclic) bond motifs is 3. The van der Waals surface area contributed by atoms with E-state index in [1.807, 2.05) is 6.07 Å². The van der Waals surface area contributed by atoms with Crippen molar-refractivity contribution >= 4 is 11.7 Å². The summed E-state index contributed by atoms with van der Waals surface area (Å²) >= 11 is 0. The molecule has 2 aliphatic carbocycles. The van der Waals surface area contributed by atoms with Gasteiger partial charge in [0.05, 0.1) is 0 Å². The Morgan fingerprint density at radius 2 is 1.81 bits per heavy atom. The SMILES string of the molecule is FC(F)(F)c1c(CN2CCC3(C=Cc4ccccc43)CC2)ccn2c(CC3CC3)nnc12. The zero-order valence-corrected chi connectivity index (χ0v) is 17.8. The largest absolute Gasteiger partial charge is 0.420 e. The topological polar surface area (TPSA) is 33.4 Å². The predicted octanol–water partition coefficient (Wildman–Crippen LogP) is 5.26. The highest BCUT2D eigenvalue weighted by Crippen LogP contribution is 2.44. The molecule has 166 valence electrons. The normalized spacial score (nSPS) is 20.3. The lowest BCUT2D eigenvalue weighted by Crippen LogP contribution is -2.40. The van der Waals surface area contributed by atoms with Crippen LogP contribution in [0.1, 0.15) is 53.8 Å². The molecule has 32 heavy (non-hydrogen) atoms. The van der Waals surface area contributed by atoms with E-state index in [0.717, 1.165) is 38.8 Å². The van der Waals surface area contributed by atoms with Gasteiger partial charge in [-0.1, -0.05) is 36.4 Å². The van der Waals surface area contributed by atoms with E-state index in [1.165, 1.54) is 15.5 Å². The zero-order chi connectivity index (χ0) is 21.9. The van der Waals surface area contributed by atoms with E-state index in [0.29, 0.717) is 18.2 Å². The van der Waals surface area contributed by atoms with Gasteiger partial charge in [0.15, 0.2) is 5.65 Å². The van der Waals surface area contributed by atoms with Crippen LogP contribution < -0.4 is 0 Å². The molecule has 3 aromatic rings. The maximum Gasteiger partial charge on any atom is 0.420 e. The minimum absolute atomic E-state index is 0.0224. The van der Waals surface area contributed by atoms with Crippen LogP contribution in [0.4, 0.5) is 13.2 Å². The molecular formula is C25H25F3N4. The number of piperidine rings is 1. The van der Waals surface area contributed by atoms with Crippen molar-refractivity contribution in [3.63, 3.8) is 0 Å². The summed E-state index contributed by atoms with van der Waals surface area (Å²) in [7, 11) is 0. The standard InChI is InChI=1S/C25H25F3N4/c26-25(27,28)22-19(8-12-32-21(15-17-5-6-17)29-30-23(22)32)16-31-13-10-24(11-14-31)9-7-18-3-1-2-4-20(18)24/h1-4,7-9,12,17H,5-6,10-11,13-16H2. The molecule has 0 atom stereocenters. The number of alkyl halides is 3. The lowest BCUT2D eigenvalue weighted by molar-refractivity contribution is -0.137. The fourth-order valence-corrected chi connectivity index (χ4v) is 5.42. The molecule has 0 amide bonds. The Morgan fingerprint density at radius 3 is 2.56 bits per heavy atom. The molecule has 1 saturated carbocycles. The Balaban J connectivity index is 1.25. The van der Waals surface area contributed by atoms with E-state index in [1.54, 1.807) is 12.3 Å². The highest BCUT2D eigenvalue weighted by atomic mass is 19.4. The summed E-state index contributed by atoms with van der Waals surface area (Å²) in [5, 5.41) is 8.07. The molecule has 4 nitrogen and oxygen atoms in total. The molecule has 3 heterocycles.